The van der Waals surface area contributed by atoms with E-state index >= 15 is 0 Å². The molecule has 0 aliphatic carbocycles. The SMILES string of the molecule is CC(C)C(C(=O)OC(F)c1cccc(Oc2ccccc2)c1)c1ccc(Cl)cc1. The molecule has 3 aromatic carbocycles. The first-order valence-electron chi connectivity index (χ1n) is 9.37. The number of carbonyl (C=O) groups is 1. The van der Waals surface area contributed by atoms with E-state index in [2.05, 4.69) is 0 Å². The van der Waals surface area contributed by atoms with Gasteiger partial charge in [0.2, 0.25) is 0 Å². The van der Waals surface area contributed by atoms with E-state index in [1.165, 1.54) is 6.07 Å². The van der Waals surface area contributed by atoms with Crippen LogP contribution in [0.4, 0.5) is 4.39 Å². The van der Waals surface area contributed by atoms with Crippen LogP contribution in [0.1, 0.15) is 37.3 Å². The summed E-state index contributed by atoms with van der Waals surface area (Å²) in [4.78, 5) is 12.7. The highest BCUT2D eigenvalue weighted by molar-refractivity contribution is 6.30. The van der Waals surface area contributed by atoms with E-state index in [0.717, 1.165) is 5.56 Å². The van der Waals surface area contributed by atoms with E-state index in [9.17, 15) is 9.18 Å². The number of para-hydroxylation sites is 1. The number of esters is 1. The summed E-state index contributed by atoms with van der Waals surface area (Å²) in [5, 5.41) is 0.572. The van der Waals surface area contributed by atoms with Crippen LogP contribution in [0.15, 0.2) is 78.9 Å². The van der Waals surface area contributed by atoms with Gasteiger partial charge in [0.1, 0.15) is 11.5 Å². The molecular formula is C24H22ClFO3. The quantitative estimate of drug-likeness (QED) is 0.389. The monoisotopic (exact) mass is 412 g/mol. The predicted octanol–water partition coefficient (Wildman–Crippen LogP) is 7.08. The maximum Gasteiger partial charge on any atom is 0.316 e. The Hall–Kier alpha value is -2.85. The van der Waals surface area contributed by atoms with Gasteiger partial charge in [0.15, 0.2) is 0 Å². The third-order valence-electron chi connectivity index (χ3n) is 4.47. The van der Waals surface area contributed by atoms with Crippen molar-refractivity contribution in [3.8, 4) is 11.5 Å². The molecule has 0 bridgehead atoms. The summed E-state index contributed by atoms with van der Waals surface area (Å²) in [5.41, 5.74) is 0.952. The van der Waals surface area contributed by atoms with E-state index in [1.807, 2.05) is 32.0 Å². The Morgan fingerprint density at radius 1 is 0.862 bits per heavy atom. The summed E-state index contributed by atoms with van der Waals surface area (Å²) in [7, 11) is 0. The highest BCUT2D eigenvalue weighted by atomic mass is 35.5. The molecule has 0 aromatic heterocycles. The second-order valence-corrected chi connectivity index (χ2v) is 7.45. The third kappa shape index (κ3) is 5.58. The number of hydrogen-bond acceptors (Lipinski definition) is 3. The lowest BCUT2D eigenvalue weighted by Gasteiger charge is -2.21. The Labute approximate surface area is 175 Å². The molecule has 0 spiro atoms. The fourth-order valence-electron chi connectivity index (χ4n) is 3.05. The minimum Gasteiger partial charge on any atom is -0.457 e. The molecule has 0 saturated heterocycles. The number of alkyl halides is 1. The number of halogens is 2. The van der Waals surface area contributed by atoms with E-state index in [0.29, 0.717) is 16.5 Å². The second kappa shape index (κ2) is 9.57. The zero-order chi connectivity index (χ0) is 20.8. The maximum atomic E-state index is 14.8. The molecule has 0 saturated carbocycles. The van der Waals surface area contributed by atoms with Crippen molar-refractivity contribution in [2.24, 2.45) is 5.92 Å². The zero-order valence-electron chi connectivity index (χ0n) is 16.2. The summed E-state index contributed by atoms with van der Waals surface area (Å²) in [6.45, 7) is 3.78. The standard InChI is InChI=1S/C24H22ClFO3/c1-16(2)22(17-11-13-19(25)14-12-17)24(27)29-23(26)18-7-6-10-21(15-18)28-20-8-4-3-5-9-20/h3-16,22-23H,1-2H3. The lowest BCUT2D eigenvalue weighted by molar-refractivity contribution is -0.161. The largest absolute Gasteiger partial charge is 0.457 e. The van der Waals surface area contributed by atoms with Gasteiger partial charge in [0.05, 0.1) is 5.92 Å². The summed E-state index contributed by atoms with van der Waals surface area (Å²) in [5.74, 6) is -0.174. The van der Waals surface area contributed by atoms with Gasteiger partial charge in [-0.1, -0.05) is 67.9 Å². The van der Waals surface area contributed by atoms with Gasteiger partial charge in [-0.15, -0.1) is 0 Å². The maximum absolute atomic E-state index is 14.8. The van der Waals surface area contributed by atoms with Crippen LogP contribution < -0.4 is 4.74 Å². The molecule has 29 heavy (non-hydrogen) atoms. The molecule has 2 unspecified atom stereocenters. The Balaban J connectivity index is 1.73. The van der Waals surface area contributed by atoms with Crippen molar-refractivity contribution in [1.29, 1.82) is 0 Å². The minimum atomic E-state index is -1.89. The highest BCUT2D eigenvalue weighted by Gasteiger charge is 2.28. The van der Waals surface area contributed by atoms with Crippen molar-refractivity contribution < 1.29 is 18.7 Å². The Bertz CT molecular complexity index is 942. The first-order valence-corrected chi connectivity index (χ1v) is 9.74. The van der Waals surface area contributed by atoms with Crippen LogP contribution in [0.3, 0.4) is 0 Å². The van der Waals surface area contributed by atoms with E-state index < -0.39 is 18.2 Å². The molecule has 3 nitrogen and oxygen atoms in total. The molecule has 5 heteroatoms. The van der Waals surface area contributed by atoms with Crippen LogP contribution in [0.2, 0.25) is 5.02 Å². The molecule has 0 radical (unpaired) electrons. The van der Waals surface area contributed by atoms with Crippen molar-refractivity contribution in [1.82, 2.24) is 0 Å². The van der Waals surface area contributed by atoms with Crippen molar-refractivity contribution >= 4 is 17.6 Å². The minimum absolute atomic E-state index is 0.0661. The van der Waals surface area contributed by atoms with Crippen LogP contribution in [0, 0.1) is 5.92 Å². The molecule has 0 heterocycles. The Morgan fingerprint density at radius 3 is 2.17 bits per heavy atom. The van der Waals surface area contributed by atoms with Crippen molar-refractivity contribution in [3.05, 3.63) is 95.0 Å². The average molecular weight is 413 g/mol. The Morgan fingerprint density at radius 2 is 1.52 bits per heavy atom. The molecule has 3 rings (SSSR count). The fourth-order valence-corrected chi connectivity index (χ4v) is 3.18. The van der Waals surface area contributed by atoms with Crippen LogP contribution in [0.25, 0.3) is 0 Å². The van der Waals surface area contributed by atoms with E-state index in [-0.39, 0.29) is 11.5 Å². The van der Waals surface area contributed by atoms with Gasteiger partial charge >= 0.3 is 5.97 Å². The van der Waals surface area contributed by atoms with Crippen molar-refractivity contribution in [2.45, 2.75) is 26.1 Å². The van der Waals surface area contributed by atoms with Gasteiger partial charge in [-0.25, -0.2) is 0 Å². The molecule has 0 N–H and O–H groups in total. The lowest BCUT2D eigenvalue weighted by atomic mass is 9.88. The van der Waals surface area contributed by atoms with Gasteiger partial charge in [-0.05, 0) is 47.9 Å². The van der Waals surface area contributed by atoms with Crippen LogP contribution >= 0.6 is 11.6 Å². The van der Waals surface area contributed by atoms with Gasteiger partial charge in [-0.3, -0.25) is 4.79 Å². The third-order valence-corrected chi connectivity index (χ3v) is 4.72. The summed E-state index contributed by atoms with van der Waals surface area (Å²) in [6, 6.07) is 22.6. The number of ether oxygens (including phenoxy) is 2. The molecule has 150 valence electrons. The molecule has 0 aliphatic rings. The summed E-state index contributed by atoms with van der Waals surface area (Å²) >= 11 is 5.92. The topological polar surface area (TPSA) is 35.5 Å². The Kier molecular flexibility index (Phi) is 6.89. The summed E-state index contributed by atoms with van der Waals surface area (Å²) in [6.07, 6.45) is -1.89. The van der Waals surface area contributed by atoms with E-state index in [4.69, 9.17) is 21.1 Å². The van der Waals surface area contributed by atoms with Crippen LogP contribution in [-0.4, -0.2) is 5.97 Å². The zero-order valence-corrected chi connectivity index (χ0v) is 17.0. The van der Waals surface area contributed by atoms with Crippen LogP contribution in [-0.2, 0) is 9.53 Å². The molecule has 2 atom stereocenters. The number of hydrogen-bond donors (Lipinski definition) is 0. The first-order chi connectivity index (χ1) is 13.9. The van der Waals surface area contributed by atoms with Gasteiger partial charge in [0, 0.05) is 10.6 Å². The number of benzene rings is 3. The van der Waals surface area contributed by atoms with Crippen molar-refractivity contribution in [2.75, 3.05) is 0 Å². The van der Waals surface area contributed by atoms with Gasteiger partial charge in [-0.2, -0.15) is 4.39 Å². The smallest absolute Gasteiger partial charge is 0.316 e. The first kappa shape index (κ1) is 20.9. The highest BCUT2D eigenvalue weighted by Crippen LogP contribution is 2.31. The summed E-state index contributed by atoms with van der Waals surface area (Å²) < 4.78 is 25.7. The second-order valence-electron chi connectivity index (χ2n) is 7.01. The molecule has 0 amide bonds. The van der Waals surface area contributed by atoms with E-state index in [1.54, 1.807) is 54.6 Å². The molecule has 0 aliphatic heterocycles. The average Bonchev–Trinajstić information content (AvgIpc) is 2.70. The van der Waals surface area contributed by atoms with Gasteiger partial charge < -0.3 is 9.47 Å². The van der Waals surface area contributed by atoms with Crippen molar-refractivity contribution in [3.63, 3.8) is 0 Å². The predicted molar refractivity (Wildman–Crippen MR) is 112 cm³/mol. The van der Waals surface area contributed by atoms with Crippen LogP contribution in [0.5, 0.6) is 11.5 Å². The molecular weight excluding hydrogens is 391 g/mol. The molecule has 3 aromatic rings. The number of rotatable bonds is 7. The lowest BCUT2D eigenvalue weighted by Crippen LogP contribution is -2.22. The normalized spacial score (nSPS) is 13.0. The molecule has 0 fully saturated rings. The van der Waals surface area contributed by atoms with Gasteiger partial charge in [0.25, 0.3) is 6.36 Å². The fraction of sp³-hybridized carbons (Fsp3) is 0.208. The number of carbonyl (C=O) groups excluding carboxylic acids is 1.